The summed E-state index contributed by atoms with van der Waals surface area (Å²) in [7, 11) is -1.52. The molecule has 4 nitrogen and oxygen atoms in total. The first-order valence-electron chi connectivity index (χ1n) is 6.53. The highest BCUT2D eigenvalue weighted by Crippen LogP contribution is 2.26. The van der Waals surface area contributed by atoms with Gasteiger partial charge < -0.3 is 5.32 Å². The Morgan fingerprint density at radius 2 is 1.95 bits per heavy atom. The number of rotatable bonds is 7. The van der Waals surface area contributed by atoms with E-state index in [9.17, 15) is 8.42 Å². The van der Waals surface area contributed by atoms with Crippen molar-refractivity contribution < 1.29 is 8.42 Å². The second-order valence-corrected chi connectivity index (χ2v) is 8.40. The van der Waals surface area contributed by atoms with Gasteiger partial charge in [0.05, 0.1) is 0 Å². The summed E-state index contributed by atoms with van der Waals surface area (Å²) in [6.45, 7) is 9.15. The van der Waals surface area contributed by atoms with Gasteiger partial charge >= 0.3 is 0 Å². The molecule has 0 fully saturated rings. The van der Waals surface area contributed by atoms with Gasteiger partial charge in [-0.15, -0.1) is 11.3 Å². The maximum absolute atomic E-state index is 12.6. The van der Waals surface area contributed by atoms with Crippen LogP contribution in [0.5, 0.6) is 0 Å². The number of nitrogens with zero attached hydrogens (tertiary/aromatic N) is 1. The average molecular weight is 304 g/mol. The van der Waals surface area contributed by atoms with E-state index in [2.05, 4.69) is 5.32 Å². The molecule has 0 atom stereocenters. The van der Waals surface area contributed by atoms with Gasteiger partial charge in [-0.25, -0.2) is 8.42 Å². The van der Waals surface area contributed by atoms with E-state index in [0.29, 0.717) is 23.2 Å². The van der Waals surface area contributed by atoms with Crippen molar-refractivity contribution in [2.45, 2.75) is 44.5 Å². The molecule has 0 amide bonds. The third-order valence-electron chi connectivity index (χ3n) is 2.69. The van der Waals surface area contributed by atoms with Crippen molar-refractivity contribution in [3.8, 4) is 0 Å². The summed E-state index contributed by atoms with van der Waals surface area (Å²) < 4.78 is 27.3. The van der Waals surface area contributed by atoms with Crippen LogP contribution in [-0.4, -0.2) is 32.4 Å². The smallest absolute Gasteiger partial charge is 0.252 e. The van der Waals surface area contributed by atoms with Crippen LogP contribution in [0.15, 0.2) is 15.7 Å². The summed E-state index contributed by atoms with van der Waals surface area (Å²) in [6, 6.07) is 1.74. The van der Waals surface area contributed by atoms with Crippen LogP contribution in [0.2, 0.25) is 0 Å². The van der Waals surface area contributed by atoms with E-state index in [4.69, 9.17) is 0 Å². The second kappa shape index (κ2) is 6.83. The predicted octanol–water partition coefficient (Wildman–Crippen LogP) is 2.52. The highest BCUT2D eigenvalue weighted by Gasteiger charge is 2.28. The zero-order valence-corrected chi connectivity index (χ0v) is 13.9. The standard InChI is InChI=1S/C13H24N2O2S2/c1-10(2)8-15(11(3)4)19(16,17)13-6-12(7-14-5)9-18-13/h6,9-11,14H,7-8H2,1-5H3. The van der Waals surface area contributed by atoms with Crippen molar-refractivity contribution in [2.24, 2.45) is 5.92 Å². The highest BCUT2D eigenvalue weighted by atomic mass is 32.2. The molecule has 0 aliphatic heterocycles. The van der Waals surface area contributed by atoms with Crippen LogP contribution in [0.1, 0.15) is 33.3 Å². The maximum atomic E-state index is 12.6. The Balaban J connectivity index is 3.04. The molecule has 1 aromatic heterocycles. The van der Waals surface area contributed by atoms with Crippen LogP contribution >= 0.6 is 11.3 Å². The first kappa shape index (κ1) is 16.6. The molecule has 1 heterocycles. The van der Waals surface area contributed by atoms with E-state index in [0.717, 1.165) is 5.56 Å². The zero-order chi connectivity index (χ0) is 14.6. The lowest BCUT2D eigenvalue weighted by Crippen LogP contribution is -2.39. The first-order chi connectivity index (χ1) is 8.78. The van der Waals surface area contributed by atoms with Crippen molar-refractivity contribution >= 4 is 21.4 Å². The molecule has 110 valence electrons. The van der Waals surface area contributed by atoms with Crippen molar-refractivity contribution in [3.63, 3.8) is 0 Å². The molecule has 0 saturated heterocycles. The molecule has 1 rings (SSSR count). The average Bonchev–Trinajstić information content (AvgIpc) is 2.75. The Morgan fingerprint density at radius 3 is 2.42 bits per heavy atom. The molecule has 1 N–H and O–H groups in total. The van der Waals surface area contributed by atoms with Gasteiger partial charge in [-0.2, -0.15) is 4.31 Å². The van der Waals surface area contributed by atoms with Gasteiger partial charge in [-0.1, -0.05) is 13.8 Å². The molecule has 0 aliphatic carbocycles. The molecule has 0 aliphatic rings. The fourth-order valence-corrected chi connectivity index (χ4v) is 4.98. The van der Waals surface area contributed by atoms with Gasteiger partial charge in [0, 0.05) is 19.1 Å². The summed E-state index contributed by atoms with van der Waals surface area (Å²) >= 11 is 1.30. The Hall–Kier alpha value is -0.430. The number of hydrogen-bond acceptors (Lipinski definition) is 4. The van der Waals surface area contributed by atoms with Gasteiger partial charge in [0.15, 0.2) is 0 Å². The number of thiophene rings is 1. The minimum Gasteiger partial charge on any atom is -0.316 e. The van der Waals surface area contributed by atoms with E-state index < -0.39 is 10.0 Å². The van der Waals surface area contributed by atoms with Gasteiger partial charge in [0.2, 0.25) is 0 Å². The van der Waals surface area contributed by atoms with E-state index in [1.807, 2.05) is 40.1 Å². The number of sulfonamides is 1. The Labute approximate surface area is 120 Å². The Kier molecular flexibility index (Phi) is 5.98. The summed E-state index contributed by atoms with van der Waals surface area (Å²) in [5.74, 6) is 0.314. The minimum atomic E-state index is -3.37. The molecule has 0 saturated carbocycles. The molecule has 19 heavy (non-hydrogen) atoms. The second-order valence-electron chi connectivity index (χ2n) is 5.37. The zero-order valence-electron chi connectivity index (χ0n) is 12.3. The minimum absolute atomic E-state index is 0.0257. The topological polar surface area (TPSA) is 49.4 Å². The largest absolute Gasteiger partial charge is 0.316 e. The summed E-state index contributed by atoms with van der Waals surface area (Å²) in [5.41, 5.74) is 1.01. The summed E-state index contributed by atoms with van der Waals surface area (Å²) in [6.07, 6.45) is 0. The van der Waals surface area contributed by atoms with E-state index in [1.165, 1.54) is 11.3 Å². The lowest BCUT2D eigenvalue weighted by atomic mass is 10.2. The molecule has 0 aromatic carbocycles. The molecule has 0 radical (unpaired) electrons. The van der Waals surface area contributed by atoms with Crippen molar-refractivity contribution in [1.29, 1.82) is 0 Å². The van der Waals surface area contributed by atoms with Gasteiger partial charge in [-0.05, 0) is 43.8 Å². The lowest BCUT2D eigenvalue weighted by Gasteiger charge is -2.26. The molecule has 0 unspecified atom stereocenters. The number of hydrogen-bond donors (Lipinski definition) is 1. The van der Waals surface area contributed by atoms with Crippen LogP contribution < -0.4 is 5.32 Å². The van der Waals surface area contributed by atoms with Crippen molar-refractivity contribution in [2.75, 3.05) is 13.6 Å². The first-order valence-corrected chi connectivity index (χ1v) is 8.84. The molecule has 0 bridgehead atoms. The van der Waals surface area contributed by atoms with Crippen molar-refractivity contribution in [3.05, 3.63) is 17.0 Å². The van der Waals surface area contributed by atoms with Crippen molar-refractivity contribution in [1.82, 2.24) is 9.62 Å². The molecular weight excluding hydrogens is 280 g/mol. The summed E-state index contributed by atoms with van der Waals surface area (Å²) in [5, 5.41) is 4.93. The molecule has 0 spiro atoms. The van der Waals surface area contributed by atoms with Gasteiger partial charge in [0.1, 0.15) is 4.21 Å². The van der Waals surface area contributed by atoms with Gasteiger partial charge in [0.25, 0.3) is 10.0 Å². The Bertz CT molecular complexity index is 492. The van der Waals surface area contributed by atoms with Crippen LogP contribution in [0, 0.1) is 5.92 Å². The van der Waals surface area contributed by atoms with Gasteiger partial charge in [-0.3, -0.25) is 0 Å². The maximum Gasteiger partial charge on any atom is 0.252 e. The number of nitrogens with one attached hydrogen (secondary N) is 1. The van der Waals surface area contributed by atoms with Crippen LogP contribution in [-0.2, 0) is 16.6 Å². The van der Waals surface area contributed by atoms with E-state index in [1.54, 1.807) is 10.4 Å². The van der Waals surface area contributed by atoms with Crippen LogP contribution in [0.4, 0.5) is 0 Å². The monoisotopic (exact) mass is 304 g/mol. The van der Waals surface area contributed by atoms with E-state index in [-0.39, 0.29) is 6.04 Å². The Morgan fingerprint density at radius 1 is 1.32 bits per heavy atom. The molecule has 6 heteroatoms. The quantitative estimate of drug-likeness (QED) is 0.842. The normalized spacial score (nSPS) is 12.8. The van der Waals surface area contributed by atoms with E-state index >= 15 is 0 Å². The van der Waals surface area contributed by atoms with Crippen LogP contribution in [0.25, 0.3) is 0 Å². The lowest BCUT2D eigenvalue weighted by molar-refractivity contribution is 0.319. The fourth-order valence-electron chi connectivity index (χ4n) is 1.85. The SMILES string of the molecule is CNCc1csc(S(=O)(=O)N(CC(C)C)C(C)C)c1. The summed E-state index contributed by atoms with van der Waals surface area (Å²) in [4.78, 5) is 0. The third kappa shape index (κ3) is 4.27. The highest BCUT2D eigenvalue weighted by molar-refractivity contribution is 7.91. The third-order valence-corrected chi connectivity index (χ3v) is 6.20. The predicted molar refractivity (Wildman–Crippen MR) is 80.9 cm³/mol. The molecular formula is C13H24N2O2S2. The fraction of sp³-hybridized carbons (Fsp3) is 0.692. The molecule has 1 aromatic rings. The van der Waals surface area contributed by atoms with Crippen LogP contribution in [0.3, 0.4) is 0 Å².